The molecule has 1 aromatic rings. The molecule has 2 heterocycles. The van der Waals surface area contributed by atoms with E-state index in [9.17, 15) is 19.2 Å². The van der Waals surface area contributed by atoms with Crippen LogP contribution < -0.4 is 20.3 Å². The average molecular weight is 380 g/mol. The van der Waals surface area contributed by atoms with E-state index in [0.717, 1.165) is 0 Å². The molecular formula is C17H18ClN3O5. The van der Waals surface area contributed by atoms with Crippen molar-refractivity contribution in [2.24, 2.45) is 5.92 Å². The third-order valence-corrected chi connectivity index (χ3v) is 4.72. The van der Waals surface area contributed by atoms with Crippen molar-refractivity contribution in [2.45, 2.75) is 25.3 Å². The normalized spacial score (nSPS) is 23.0. The molecular weight excluding hydrogens is 362 g/mol. The highest BCUT2D eigenvalue weighted by molar-refractivity contribution is 6.31. The third-order valence-electron chi connectivity index (χ3n) is 4.48. The highest BCUT2D eigenvalue weighted by Crippen LogP contribution is 2.35. The number of nitrogens with zero attached hydrogens (tertiary/aromatic N) is 1. The van der Waals surface area contributed by atoms with Gasteiger partial charge in [0.2, 0.25) is 23.6 Å². The molecule has 0 radical (unpaired) electrons. The molecule has 2 unspecified atom stereocenters. The summed E-state index contributed by atoms with van der Waals surface area (Å²) in [6.45, 7) is 0.161. The fraction of sp³-hybridized carbons (Fsp3) is 0.412. The van der Waals surface area contributed by atoms with Crippen LogP contribution in [0, 0.1) is 5.92 Å². The smallest absolute Gasteiger partial charge is 0.249 e. The third kappa shape index (κ3) is 3.65. The van der Waals surface area contributed by atoms with E-state index in [-0.39, 0.29) is 37.6 Å². The summed E-state index contributed by atoms with van der Waals surface area (Å²) in [5.41, 5.74) is 0.501. The molecule has 26 heavy (non-hydrogen) atoms. The summed E-state index contributed by atoms with van der Waals surface area (Å²) in [5, 5.41) is 5.26. The minimum atomic E-state index is -0.759. The van der Waals surface area contributed by atoms with E-state index in [4.69, 9.17) is 16.3 Å². The number of amides is 4. The van der Waals surface area contributed by atoms with Gasteiger partial charge in [-0.25, -0.2) is 0 Å². The molecule has 8 nitrogen and oxygen atoms in total. The van der Waals surface area contributed by atoms with Gasteiger partial charge in [0.1, 0.15) is 11.8 Å². The minimum absolute atomic E-state index is 0.0226. The molecule has 2 fully saturated rings. The highest BCUT2D eigenvalue weighted by atomic mass is 35.5. The number of hydrogen-bond acceptors (Lipinski definition) is 5. The molecule has 0 spiro atoms. The number of imide groups is 1. The fourth-order valence-corrected chi connectivity index (χ4v) is 3.28. The maximum absolute atomic E-state index is 12.5. The molecule has 9 heteroatoms. The predicted molar refractivity (Wildman–Crippen MR) is 92.8 cm³/mol. The summed E-state index contributed by atoms with van der Waals surface area (Å²) in [4.78, 5) is 49.3. The molecule has 2 N–H and O–H groups in total. The van der Waals surface area contributed by atoms with Crippen LogP contribution in [0.2, 0.25) is 5.02 Å². The lowest BCUT2D eigenvalue weighted by atomic mass is 10.0. The standard InChI is InChI=1S/C17H18ClN3O5/c1-26-13-4-2-10(18)7-12(13)21-8-9(6-15(21)23)16(24)19-11-3-5-14(22)20-17(11)25/h2,4,7,9,11H,3,5-6,8H2,1H3,(H,19,24)(H,20,22,25). The number of benzene rings is 1. The summed E-state index contributed by atoms with van der Waals surface area (Å²) >= 11 is 6.01. The van der Waals surface area contributed by atoms with Gasteiger partial charge >= 0.3 is 0 Å². The second-order valence-electron chi connectivity index (χ2n) is 6.23. The largest absolute Gasteiger partial charge is 0.495 e. The quantitative estimate of drug-likeness (QED) is 0.746. The zero-order valence-electron chi connectivity index (χ0n) is 14.1. The molecule has 4 amide bonds. The molecule has 2 atom stereocenters. The number of piperidine rings is 1. The van der Waals surface area contributed by atoms with E-state index in [1.165, 1.54) is 12.0 Å². The van der Waals surface area contributed by atoms with Gasteiger partial charge in [-0.3, -0.25) is 24.5 Å². The highest BCUT2D eigenvalue weighted by Gasteiger charge is 2.38. The first-order valence-corrected chi connectivity index (χ1v) is 8.55. The van der Waals surface area contributed by atoms with Gasteiger partial charge in [0.25, 0.3) is 0 Å². The number of anilines is 1. The maximum atomic E-state index is 12.5. The van der Waals surface area contributed by atoms with Crippen molar-refractivity contribution >= 4 is 40.9 Å². The number of carbonyl (C=O) groups is 4. The molecule has 2 saturated heterocycles. The van der Waals surface area contributed by atoms with Gasteiger partial charge in [0, 0.05) is 24.4 Å². The van der Waals surface area contributed by atoms with Crippen LogP contribution >= 0.6 is 11.6 Å². The lowest BCUT2D eigenvalue weighted by molar-refractivity contribution is -0.138. The van der Waals surface area contributed by atoms with Gasteiger partial charge in [-0.05, 0) is 24.6 Å². The van der Waals surface area contributed by atoms with Crippen LogP contribution in [0.3, 0.4) is 0 Å². The van der Waals surface area contributed by atoms with Crippen LogP contribution in [-0.2, 0) is 19.2 Å². The van der Waals surface area contributed by atoms with Crippen LogP contribution in [-0.4, -0.2) is 43.3 Å². The van der Waals surface area contributed by atoms with E-state index in [1.54, 1.807) is 18.2 Å². The van der Waals surface area contributed by atoms with Gasteiger partial charge in [-0.15, -0.1) is 0 Å². The van der Waals surface area contributed by atoms with Crippen molar-refractivity contribution in [3.8, 4) is 5.75 Å². The Morgan fingerprint density at radius 2 is 2.12 bits per heavy atom. The Kier molecular flexibility index (Phi) is 5.13. The van der Waals surface area contributed by atoms with Crippen molar-refractivity contribution in [2.75, 3.05) is 18.6 Å². The van der Waals surface area contributed by atoms with Crippen LogP contribution in [0.15, 0.2) is 18.2 Å². The summed E-state index contributed by atoms with van der Waals surface area (Å²) in [7, 11) is 1.49. The SMILES string of the molecule is COc1ccc(Cl)cc1N1CC(C(=O)NC2CCC(=O)NC2=O)CC1=O. The van der Waals surface area contributed by atoms with Crippen molar-refractivity contribution in [1.29, 1.82) is 0 Å². The van der Waals surface area contributed by atoms with Crippen LogP contribution in [0.5, 0.6) is 5.75 Å². The summed E-state index contributed by atoms with van der Waals surface area (Å²) in [6.07, 6.45) is 0.448. The summed E-state index contributed by atoms with van der Waals surface area (Å²) in [5.74, 6) is -1.61. The molecule has 0 aromatic heterocycles. The molecule has 0 saturated carbocycles. The van der Waals surface area contributed by atoms with E-state index in [0.29, 0.717) is 16.5 Å². The van der Waals surface area contributed by atoms with Crippen LogP contribution in [0.25, 0.3) is 0 Å². The number of nitrogens with one attached hydrogen (secondary N) is 2. The van der Waals surface area contributed by atoms with Gasteiger partial charge in [-0.2, -0.15) is 0 Å². The van der Waals surface area contributed by atoms with Crippen molar-refractivity contribution in [3.63, 3.8) is 0 Å². The van der Waals surface area contributed by atoms with Crippen molar-refractivity contribution in [3.05, 3.63) is 23.2 Å². The van der Waals surface area contributed by atoms with Crippen LogP contribution in [0.4, 0.5) is 5.69 Å². The molecule has 1 aromatic carbocycles. The Bertz CT molecular complexity index is 782. The Hall–Kier alpha value is -2.61. The fourth-order valence-electron chi connectivity index (χ4n) is 3.11. The van der Waals surface area contributed by atoms with Crippen molar-refractivity contribution in [1.82, 2.24) is 10.6 Å². The number of hydrogen-bond donors (Lipinski definition) is 2. The first-order chi connectivity index (χ1) is 12.4. The Balaban J connectivity index is 1.70. The van der Waals surface area contributed by atoms with Gasteiger partial charge in [0.05, 0.1) is 18.7 Å². The Morgan fingerprint density at radius 3 is 2.81 bits per heavy atom. The number of halogens is 1. The van der Waals surface area contributed by atoms with E-state index in [1.807, 2.05) is 0 Å². The summed E-state index contributed by atoms with van der Waals surface area (Å²) < 4.78 is 5.26. The maximum Gasteiger partial charge on any atom is 0.249 e. The van der Waals surface area contributed by atoms with Crippen LogP contribution in [0.1, 0.15) is 19.3 Å². The van der Waals surface area contributed by atoms with Gasteiger partial charge in [-0.1, -0.05) is 11.6 Å². The average Bonchev–Trinajstić information content (AvgIpc) is 2.99. The minimum Gasteiger partial charge on any atom is -0.495 e. The number of methoxy groups -OCH3 is 1. The monoisotopic (exact) mass is 379 g/mol. The second kappa shape index (κ2) is 7.33. The van der Waals surface area contributed by atoms with Gasteiger partial charge in [0.15, 0.2) is 0 Å². The lowest BCUT2D eigenvalue weighted by Crippen LogP contribution is -2.53. The van der Waals surface area contributed by atoms with E-state index < -0.39 is 23.8 Å². The lowest BCUT2D eigenvalue weighted by Gasteiger charge is -2.23. The molecule has 2 aliphatic rings. The van der Waals surface area contributed by atoms with Crippen molar-refractivity contribution < 1.29 is 23.9 Å². The van der Waals surface area contributed by atoms with E-state index in [2.05, 4.69) is 10.6 Å². The topological polar surface area (TPSA) is 105 Å². The van der Waals surface area contributed by atoms with E-state index >= 15 is 0 Å². The zero-order chi connectivity index (χ0) is 18.8. The number of carbonyl (C=O) groups excluding carboxylic acids is 4. The Labute approximate surface area is 154 Å². The Morgan fingerprint density at radius 1 is 1.35 bits per heavy atom. The first kappa shape index (κ1) is 18.2. The predicted octanol–water partition coefficient (Wildman–Crippen LogP) is 0.623. The summed E-state index contributed by atoms with van der Waals surface area (Å²) in [6, 6.07) is 4.16. The molecule has 138 valence electrons. The number of ether oxygens (including phenoxy) is 1. The zero-order valence-corrected chi connectivity index (χ0v) is 14.8. The second-order valence-corrected chi connectivity index (χ2v) is 6.67. The molecule has 2 aliphatic heterocycles. The molecule has 0 bridgehead atoms. The first-order valence-electron chi connectivity index (χ1n) is 8.17. The molecule has 0 aliphatic carbocycles. The van der Waals surface area contributed by atoms with Gasteiger partial charge < -0.3 is 15.0 Å². The molecule has 3 rings (SSSR count). The number of rotatable bonds is 4.